The maximum atomic E-state index is 3.88. The number of nitrogens with zero attached hydrogens (tertiary/aromatic N) is 2. The molecule has 0 bridgehead atoms. The van der Waals surface area contributed by atoms with Crippen molar-refractivity contribution in [3.05, 3.63) is 24.0 Å². The van der Waals surface area contributed by atoms with Crippen LogP contribution in [0.2, 0.25) is 0 Å². The Morgan fingerprint density at radius 2 is 2.00 bits per heavy atom. The molecule has 0 saturated carbocycles. The van der Waals surface area contributed by atoms with Crippen molar-refractivity contribution in [1.82, 2.24) is 15.5 Å². The molecule has 0 aliphatic heterocycles. The van der Waals surface area contributed by atoms with Crippen molar-refractivity contribution in [2.75, 3.05) is 7.05 Å². The van der Waals surface area contributed by atoms with Gasteiger partial charge in [0.1, 0.15) is 0 Å². The summed E-state index contributed by atoms with van der Waals surface area (Å²) in [5.41, 5.74) is 1.38. The first-order valence-corrected chi connectivity index (χ1v) is 4.49. The summed E-state index contributed by atoms with van der Waals surface area (Å²) in [5.74, 6) is 0. The van der Waals surface area contributed by atoms with Gasteiger partial charge in [-0.05, 0) is 24.1 Å². The van der Waals surface area contributed by atoms with Gasteiger partial charge in [-0.3, -0.25) is 0 Å². The third-order valence-electron chi connectivity index (χ3n) is 2.10. The monoisotopic (exact) mass is 179 g/mol. The van der Waals surface area contributed by atoms with Gasteiger partial charge in [-0.2, -0.15) is 10.2 Å². The van der Waals surface area contributed by atoms with E-state index >= 15 is 0 Å². The first kappa shape index (κ1) is 10.1. The third-order valence-corrected chi connectivity index (χ3v) is 2.10. The van der Waals surface area contributed by atoms with Crippen molar-refractivity contribution in [2.24, 2.45) is 5.41 Å². The van der Waals surface area contributed by atoms with E-state index in [1.54, 1.807) is 6.20 Å². The summed E-state index contributed by atoms with van der Waals surface area (Å²) in [5, 5.41) is 10.9. The average Bonchev–Trinajstić information content (AvgIpc) is 2.05. The third kappa shape index (κ3) is 2.49. The van der Waals surface area contributed by atoms with Crippen LogP contribution >= 0.6 is 0 Å². The predicted octanol–water partition coefficient (Wildman–Crippen LogP) is 1.78. The molecular formula is C10H17N3. The molecule has 0 aliphatic carbocycles. The standard InChI is InChI=1S/C10H17N3/c1-10(2,3)9(11-4)8-5-6-12-13-7-8/h5-7,9,11H,1-4H3. The lowest BCUT2D eigenvalue weighted by atomic mass is 9.83. The average molecular weight is 179 g/mol. The zero-order valence-corrected chi connectivity index (χ0v) is 8.70. The molecule has 0 spiro atoms. The molecule has 72 valence electrons. The Hall–Kier alpha value is -0.960. The van der Waals surface area contributed by atoms with E-state index < -0.39 is 0 Å². The van der Waals surface area contributed by atoms with Gasteiger partial charge in [0.25, 0.3) is 0 Å². The molecular weight excluding hydrogens is 162 g/mol. The lowest BCUT2D eigenvalue weighted by Gasteiger charge is -2.30. The summed E-state index contributed by atoms with van der Waals surface area (Å²) in [6, 6.07) is 2.32. The molecule has 1 rings (SSSR count). The van der Waals surface area contributed by atoms with Gasteiger partial charge >= 0.3 is 0 Å². The maximum Gasteiger partial charge on any atom is 0.0544 e. The van der Waals surface area contributed by atoms with Crippen LogP contribution in [0.5, 0.6) is 0 Å². The molecule has 3 nitrogen and oxygen atoms in total. The zero-order chi connectivity index (χ0) is 9.90. The Balaban J connectivity index is 2.92. The molecule has 1 atom stereocenters. The second-order valence-electron chi connectivity index (χ2n) is 4.26. The van der Waals surface area contributed by atoms with Crippen LogP contribution in [0.1, 0.15) is 32.4 Å². The van der Waals surface area contributed by atoms with Crippen molar-refractivity contribution in [3.63, 3.8) is 0 Å². The number of hydrogen-bond donors (Lipinski definition) is 1. The SMILES string of the molecule is CNC(c1ccnnc1)C(C)(C)C. The smallest absolute Gasteiger partial charge is 0.0544 e. The van der Waals surface area contributed by atoms with E-state index in [4.69, 9.17) is 0 Å². The lowest BCUT2D eigenvalue weighted by Crippen LogP contribution is -2.29. The number of nitrogens with one attached hydrogen (secondary N) is 1. The molecule has 1 aromatic heterocycles. The summed E-state index contributed by atoms with van der Waals surface area (Å²) < 4.78 is 0. The Bertz CT molecular complexity index is 251. The van der Waals surface area contributed by atoms with Crippen molar-refractivity contribution in [3.8, 4) is 0 Å². The minimum atomic E-state index is 0.192. The van der Waals surface area contributed by atoms with Crippen LogP contribution in [0.15, 0.2) is 18.5 Å². The quantitative estimate of drug-likeness (QED) is 0.752. The molecule has 0 saturated heterocycles. The molecule has 13 heavy (non-hydrogen) atoms. The van der Waals surface area contributed by atoms with Crippen LogP contribution in [-0.2, 0) is 0 Å². The zero-order valence-electron chi connectivity index (χ0n) is 8.70. The molecule has 0 radical (unpaired) electrons. The van der Waals surface area contributed by atoms with Gasteiger partial charge in [-0.15, -0.1) is 0 Å². The fraction of sp³-hybridized carbons (Fsp3) is 0.600. The minimum Gasteiger partial charge on any atom is -0.313 e. The van der Waals surface area contributed by atoms with Gasteiger partial charge in [-0.25, -0.2) is 0 Å². The van der Waals surface area contributed by atoms with Crippen LogP contribution in [0.3, 0.4) is 0 Å². The first-order chi connectivity index (χ1) is 6.05. The number of rotatable bonds is 2. The second-order valence-corrected chi connectivity index (χ2v) is 4.26. The Morgan fingerprint density at radius 1 is 1.31 bits per heavy atom. The lowest BCUT2D eigenvalue weighted by molar-refractivity contribution is 0.286. The predicted molar refractivity (Wildman–Crippen MR) is 53.3 cm³/mol. The molecule has 1 aromatic rings. The maximum absolute atomic E-state index is 3.88. The van der Waals surface area contributed by atoms with Crippen LogP contribution in [0.25, 0.3) is 0 Å². The molecule has 3 heteroatoms. The summed E-state index contributed by atoms with van der Waals surface area (Å²) in [4.78, 5) is 0. The van der Waals surface area contributed by atoms with E-state index in [0.29, 0.717) is 6.04 Å². The molecule has 0 fully saturated rings. The largest absolute Gasteiger partial charge is 0.313 e. The van der Waals surface area contributed by atoms with Gasteiger partial charge in [0.2, 0.25) is 0 Å². The molecule has 1 N–H and O–H groups in total. The number of aromatic nitrogens is 2. The van der Waals surface area contributed by atoms with Gasteiger partial charge < -0.3 is 5.32 Å². The van der Waals surface area contributed by atoms with Gasteiger partial charge in [0, 0.05) is 12.2 Å². The Morgan fingerprint density at radius 3 is 2.38 bits per heavy atom. The summed E-state index contributed by atoms with van der Waals surface area (Å²) >= 11 is 0. The number of hydrogen-bond acceptors (Lipinski definition) is 3. The highest BCUT2D eigenvalue weighted by Crippen LogP contribution is 2.31. The fourth-order valence-electron chi connectivity index (χ4n) is 1.57. The van der Waals surface area contributed by atoms with E-state index in [0.717, 1.165) is 0 Å². The van der Waals surface area contributed by atoms with Crippen molar-refractivity contribution < 1.29 is 0 Å². The van der Waals surface area contributed by atoms with Crippen LogP contribution in [0.4, 0.5) is 0 Å². The van der Waals surface area contributed by atoms with Gasteiger partial charge in [-0.1, -0.05) is 20.8 Å². The van der Waals surface area contributed by atoms with Crippen LogP contribution in [0, 0.1) is 5.41 Å². The van der Waals surface area contributed by atoms with Crippen LogP contribution < -0.4 is 5.32 Å². The fourth-order valence-corrected chi connectivity index (χ4v) is 1.57. The Kier molecular flexibility index (Phi) is 2.98. The van der Waals surface area contributed by atoms with Crippen molar-refractivity contribution >= 4 is 0 Å². The van der Waals surface area contributed by atoms with Crippen molar-refractivity contribution in [2.45, 2.75) is 26.8 Å². The minimum absolute atomic E-state index is 0.192. The van der Waals surface area contributed by atoms with E-state index in [1.165, 1.54) is 5.56 Å². The van der Waals surface area contributed by atoms with E-state index in [2.05, 4.69) is 36.3 Å². The normalized spacial score (nSPS) is 14.2. The molecule has 1 unspecified atom stereocenters. The van der Waals surface area contributed by atoms with Crippen molar-refractivity contribution in [1.29, 1.82) is 0 Å². The van der Waals surface area contributed by atoms with Gasteiger partial charge in [0.05, 0.1) is 6.20 Å². The molecule has 0 aliphatic rings. The molecule has 0 amide bonds. The highest BCUT2D eigenvalue weighted by molar-refractivity contribution is 5.13. The van der Waals surface area contributed by atoms with E-state index in [9.17, 15) is 0 Å². The second kappa shape index (κ2) is 3.83. The molecule has 1 heterocycles. The van der Waals surface area contributed by atoms with Crippen LogP contribution in [-0.4, -0.2) is 17.2 Å². The topological polar surface area (TPSA) is 37.8 Å². The highest BCUT2D eigenvalue weighted by Gasteiger charge is 2.24. The van der Waals surface area contributed by atoms with Gasteiger partial charge in [0.15, 0.2) is 0 Å². The van der Waals surface area contributed by atoms with E-state index in [1.807, 2.05) is 19.3 Å². The van der Waals surface area contributed by atoms with E-state index in [-0.39, 0.29) is 5.41 Å². The highest BCUT2D eigenvalue weighted by atomic mass is 15.1. The summed E-state index contributed by atoms with van der Waals surface area (Å²) in [6.45, 7) is 6.61. The summed E-state index contributed by atoms with van der Waals surface area (Å²) in [7, 11) is 1.97. The first-order valence-electron chi connectivity index (χ1n) is 4.49. The summed E-state index contributed by atoms with van der Waals surface area (Å²) in [6.07, 6.45) is 3.54. The molecule has 0 aromatic carbocycles. The Labute approximate surface area is 79.6 Å².